The van der Waals surface area contributed by atoms with E-state index in [0.29, 0.717) is 9.50 Å². The smallest absolute Gasteiger partial charge is 0.186 e. The van der Waals surface area contributed by atoms with Crippen molar-refractivity contribution in [3.05, 3.63) is 33.5 Å². The Balaban J connectivity index is 2.63. The summed E-state index contributed by atoms with van der Waals surface area (Å²) in [6, 6.07) is 4.15. The normalized spacial score (nSPS) is 10.6. The van der Waals surface area contributed by atoms with Crippen molar-refractivity contribution in [3.8, 4) is 11.3 Å². The average molecular weight is 292 g/mol. The first-order valence-corrected chi connectivity index (χ1v) is 5.12. The van der Waals surface area contributed by atoms with Gasteiger partial charge in [0, 0.05) is 5.02 Å². The highest BCUT2D eigenvalue weighted by Crippen LogP contribution is 2.34. The number of benzene rings is 1. The Morgan fingerprint density at radius 2 is 2.20 bits per heavy atom. The van der Waals surface area contributed by atoms with Crippen LogP contribution in [0.15, 0.2) is 27.2 Å². The molecule has 0 atom stereocenters. The summed E-state index contributed by atoms with van der Waals surface area (Å²) < 4.78 is 18.8. The van der Waals surface area contributed by atoms with Gasteiger partial charge >= 0.3 is 0 Å². The van der Waals surface area contributed by atoms with Crippen LogP contribution in [-0.4, -0.2) is 5.16 Å². The lowest BCUT2D eigenvalue weighted by atomic mass is 10.1. The zero-order chi connectivity index (χ0) is 11.0. The molecule has 2 aromatic rings. The summed E-state index contributed by atoms with van der Waals surface area (Å²) in [4.78, 5) is 0. The number of nitrogen functional groups attached to an aromatic ring is 1. The molecule has 0 saturated heterocycles. The maximum Gasteiger partial charge on any atom is 0.186 e. The highest BCUT2D eigenvalue weighted by molar-refractivity contribution is 9.10. The maximum absolute atomic E-state index is 13.4. The molecule has 0 aliphatic carbocycles. The van der Waals surface area contributed by atoms with Crippen LogP contribution in [0.5, 0.6) is 0 Å². The van der Waals surface area contributed by atoms with Crippen molar-refractivity contribution in [2.45, 2.75) is 0 Å². The molecule has 0 unspecified atom stereocenters. The minimum atomic E-state index is -0.448. The molecule has 0 aliphatic heterocycles. The fourth-order valence-corrected chi connectivity index (χ4v) is 1.66. The SMILES string of the molecule is Nc1noc(-c2cc(Cl)ccc2F)c1Br. The minimum absolute atomic E-state index is 0.171. The molecule has 0 radical (unpaired) electrons. The molecular weight excluding hydrogens is 286 g/mol. The molecule has 1 heterocycles. The largest absolute Gasteiger partial charge is 0.380 e. The predicted octanol–water partition coefficient (Wildman–Crippen LogP) is 3.48. The zero-order valence-electron chi connectivity index (χ0n) is 7.30. The maximum atomic E-state index is 13.4. The van der Waals surface area contributed by atoms with Crippen LogP contribution in [0, 0.1) is 5.82 Å². The zero-order valence-corrected chi connectivity index (χ0v) is 9.64. The van der Waals surface area contributed by atoms with E-state index in [2.05, 4.69) is 21.1 Å². The van der Waals surface area contributed by atoms with Crippen LogP contribution < -0.4 is 5.73 Å². The van der Waals surface area contributed by atoms with Crippen molar-refractivity contribution >= 4 is 33.3 Å². The van der Waals surface area contributed by atoms with Crippen LogP contribution in [0.4, 0.5) is 10.2 Å². The predicted molar refractivity (Wildman–Crippen MR) is 59.0 cm³/mol. The van der Waals surface area contributed by atoms with Crippen LogP contribution in [0.1, 0.15) is 0 Å². The monoisotopic (exact) mass is 290 g/mol. The summed E-state index contributed by atoms with van der Waals surface area (Å²) in [6.45, 7) is 0. The van der Waals surface area contributed by atoms with Crippen LogP contribution in [-0.2, 0) is 0 Å². The van der Waals surface area contributed by atoms with Crippen molar-refractivity contribution < 1.29 is 8.91 Å². The molecule has 0 amide bonds. The Morgan fingerprint density at radius 1 is 1.47 bits per heavy atom. The fourth-order valence-electron chi connectivity index (χ4n) is 1.13. The minimum Gasteiger partial charge on any atom is -0.380 e. The van der Waals surface area contributed by atoms with Crippen LogP contribution >= 0.6 is 27.5 Å². The number of nitrogens with zero attached hydrogens (tertiary/aromatic N) is 1. The van der Waals surface area contributed by atoms with E-state index in [1.807, 2.05) is 0 Å². The van der Waals surface area contributed by atoms with E-state index < -0.39 is 5.82 Å². The molecule has 0 saturated carbocycles. The Hall–Kier alpha value is -1.07. The average Bonchev–Trinajstić information content (AvgIpc) is 2.52. The molecule has 0 fully saturated rings. The number of hydrogen-bond donors (Lipinski definition) is 1. The van der Waals surface area contributed by atoms with Crippen molar-refractivity contribution in [1.29, 1.82) is 0 Å². The van der Waals surface area contributed by atoms with E-state index in [1.54, 1.807) is 0 Å². The molecule has 78 valence electrons. The summed E-state index contributed by atoms with van der Waals surface area (Å²) in [5.41, 5.74) is 5.68. The first-order chi connectivity index (χ1) is 7.09. The van der Waals surface area contributed by atoms with Crippen LogP contribution in [0.3, 0.4) is 0 Å². The van der Waals surface area contributed by atoms with E-state index in [-0.39, 0.29) is 17.1 Å². The lowest BCUT2D eigenvalue weighted by Crippen LogP contribution is -1.85. The van der Waals surface area contributed by atoms with E-state index in [4.69, 9.17) is 21.9 Å². The van der Waals surface area contributed by atoms with Gasteiger partial charge in [-0.2, -0.15) is 0 Å². The summed E-state index contributed by atoms with van der Waals surface area (Å²) in [5, 5.41) is 3.92. The molecule has 2 rings (SSSR count). The number of hydrogen-bond acceptors (Lipinski definition) is 3. The second-order valence-corrected chi connectivity index (χ2v) is 4.06. The van der Waals surface area contributed by atoms with Gasteiger partial charge in [-0.3, -0.25) is 0 Å². The quantitative estimate of drug-likeness (QED) is 0.875. The first kappa shape index (κ1) is 10.4. The summed E-state index contributed by atoms with van der Waals surface area (Å²) >= 11 is 8.91. The molecule has 6 heteroatoms. The van der Waals surface area contributed by atoms with Crippen molar-refractivity contribution in [1.82, 2.24) is 5.16 Å². The molecule has 1 aromatic heterocycles. The highest BCUT2D eigenvalue weighted by atomic mass is 79.9. The lowest BCUT2D eigenvalue weighted by Gasteiger charge is -1.99. The summed E-state index contributed by atoms with van der Waals surface area (Å²) in [5.74, 6) is -0.0480. The van der Waals surface area contributed by atoms with Gasteiger partial charge in [-0.05, 0) is 34.1 Å². The fraction of sp³-hybridized carbons (Fsp3) is 0. The second kappa shape index (κ2) is 3.83. The molecule has 15 heavy (non-hydrogen) atoms. The van der Waals surface area contributed by atoms with Gasteiger partial charge in [-0.25, -0.2) is 4.39 Å². The Bertz CT molecular complexity index is 515. The molecule has 3 nitrogen and oxygen atoms in total. The van der Waals surface area contributed by atoms with E-state index in [1.165, 1.54) is 18.2 Å². The van der Waals surface area contributed by atoms with Crippen LogP contribution in [0.25, 0.3) is 11.3 Å². The highest BCUT2D eigenvalue weighted by Gasteiger charge is 2.16. The number of halogens is 3. The molecule has 0 bridgehead atoms. The van der Waals surface area contributed by atoms with E-state index in [0.717, 1.165) is 0 Å². The third-order valence-electron chi connectivity index (χ3n) is 1.83. The molecule has 2 N–H and O–H groups in total. The van der Waals surface area contributed by atoms with Gasteiger partial charge in [0.05, 0.1) is 5.56 Å². The standard InChI is InChI=1S/C9H5BrClFN2O/c10-7-8(15-14-9(7)13)5-3-4(11)1-2-6(5)12/h1-3H,(H2,13,14). The summed E-state index contributed by atoms with van der Waals surface area (Å²) in [7, 11) is 0. The third-order valence-corrected chi connectivity index (χ3v) is 2.83. The first-order valence-electron chi connectivity index (χ1n) is 3.95. The molecule has 1 aromatic carbocycles. The van der Waals surface area contributed by atoms with Crippen molar-refractivity contribution in [2.75, 3.05) is 5.73 Å². The third kappa shape index (κ3) is 1.85. The molecular formula is C9H5BrClFN2O. The Labute approximate surface area is 98.1 Å². The Morgan fingerprint density at radius 3 is 2.80 bits per heavy atom. The summed E-state index contributed by atoms with van der Waals surface area (Å²) in [6.07, 6.45) is 0. The van der Waals surface area contributed by atoms with Gasteiger partial charge in [-0.15, -0.1) is 0 Å². The number of anilines is 1. The van der Waals surface area contributed by atoms with Gasteiger partial charge in [0.15, 0.2) is 11.6 Å². The van der Waals surface area contributed by atoms with Gasteiger partial charge in [0.25, 0.3) is 0 Å². The van der Waals surface area contributed by atoms with Gasteiger partial charge in [0.1, 0.15) is 10.3 Å². The van der Waals surface area contributed by atoms with Gasteiger partial charge in [0.2, 0.25) is 0 Å². The van der Waals surface area contributed by atoms with Crippen molar-refractivity contribution in [2.24, 2.45) is 0 Å². The Kier molecular flexibility index (Phi) is 2.67. The molecule has 0 spiro atoms. The van der Waals surface area contributed by atoms with Crippen LogP contribution in [0.2, 0.25) is 5.02 Å². The topological polar surface area (TPSA) is 52.0 Å². The molecule has 0 aliphatic rings. The van der Waals surface area contributed by atoms with Crippen molar-refractivity contribution in [3.63, 3.8) is 0 Å². The van der Waals surface area contributed by atoms with E-state index >= 15 is 0 Å². The number of nitrogens with two attached hydrogens (primary N) is 1. The lowest BCUT2D eigenvalue weighted by molar-refractivity contribution is 0.433. The van der Waals surface area contributed by atoms with Gasteiger partial charge in [-0.1, -0.05) is 16.8 Å². The number of rotatable bonds is 1. The number of aromatic nitrogens is 1. The van der Waals surface area contributed by atoms with Gasteiger partial charge < -0.3 is 10.3 Å². The van der Waals surface area contributed by atoms with E-state index in [9.17, 15) is 4.39 Å². The second-order valence-electron chi connectivity index (χ2n) is 2.84.